The molecule has 2 atom stereocenters. The summed E-state index contributed by atoms with van der Waals surface area (Å²) >= 11 is 0. The van der Waals surface area contributed by atoms with E-state index in [0.717, 1.165) is 30.4 Å². The van der Waals surface area contributed by atoms with E-state index in [1.54, 1.807) is 6.92 Å². The fourth-order valence-corrected chi connectivity index (χ4v) is 5.04. The Morgan fingerprint density at radius 1 is 1.20 bits per heavy atom. The maximum atomic E-state index is 12.7. The number of anilines is 1. The van der Waals surface area contributed by atoms with E-state index in [0.29, 0.717) is 22.1 Å². The number of nitrogens with two attached hydrogens (primary N) is 1. The molecule has 0 heterocycles. The Bertz CT molecular complexity index is 623. The van der Waals surface area contributed by atoms with E-state index in [-0.39, 0.29) is 6.04 Å². The molecule has 1 aromatic carbocycles. The Morgan fingerprint density at radius 3 is 2.40 bits per heavy atom. The fraction of sp³-hybridized carbons (Fsp3) is 0.600. The molecular weight excluding hydrogens is 272 g/mol. The first-order valence-corrected chi connectivity index (χ1v) is 8.61. The van der Waals surface area contributed by atoms with Gasteiger partial charge in [-0.2, -0.15) is 0 Å². The Kier molecular flexibility index (Phi) is 4.12. The third-order valence-corrected chi connectivity index (χ3v) is 6.18. The van der Waals surface area contributed by atoms with Gasteiger partial charge in [-0.05, 0) is 56.2 Å². The standard InChI is InChI=1S/C15H24N2O2S/c1-9-6-5-7-13(9)17-20(18,19)15-11(3)8-10(2)14(16)12(15)4/h8-9,13,17H,5-7,16H2,1-4H3. The Morgan fingerprint density at radius 2 is 1.85 bits per heavy atom. The molecule has 1 saturated carbocycles. The van der Waals surface area contributed by atoms with Gasteiger partial charge >= 0.3 is 0 Å². The van der Waals surface area contributed by atoms with Crippen LogP contribution in [0.4, 0.5) is 5.69 Å². The maximum absolute atomic E-state index is 12.7. The van der Waals surface area contributed by atoms with E-state index < -0.39 is 10.0 Å². The molecule has 0 radical (unpaired) electrons. The van der Waals surface area contributed by atoms with Gasteiger partial charge in [0.25, 0.3) is 0 Å². The first-order chi connectivity index (χ1) is 9.24. The van der Waals surface area contributed by atoms with Crippen LogP contribution in [0.1, 0.15) is 42.9 Å². The summed E-state index contributed by atoms with van der Waals surface area (Å²) in [4.78, 5) is 0.347. The molecule has 3 N–H and O–H groups in total. The summed E-state index contributed by atoms with van der Waals surface area (Å²) < 4.78 is 28.2. The minimum Gasteiger partial charge on any atom is -0.398 e. The highest BCUT2D eigenvalue weighted by atomic mass is 32.2. The van der Waals surface area contributed by atoms with Crippen molar-refractivity contribution in [1.29, 1.82) is 0 Å². The van der Waals surface area contributed by atoms with Crippen molar-refractivity contribution in [3.63, 3.8) is 0 Å². The number of benzene rings is 1. The summed E-state index contributed by atoms with van der Waals surface area (Å²) in [6, 6.07) is 1.89. The van der Waals surface area contributed by atoms with Crippen LogP contribution in [0, 0.1) is 26.7 Å². The second kappa shape index (κ2) is 5.37. The SMILES string of the molecule is Cc1cc(C)c(S(=O)(=O)NC2CCCC2C)c(C)c1N. The number of hydrogen-bond acceptors (Lipinski definition) is 3. The Labute approximate surface area is 121 Å². The van der Waals surface area contributed by atoms with Gasteiger partial charge in [0.15, 0.2) is 0 Å². The van der Waals surface area contributed by atoms with Crippen LogP contribution in [0.25, 0.3) is 0 Å². The van der Waals surface area contributed by atoms with Crippen LogP contribution in [-0.2, 0) is 10.0 Å². The van der Waals surface area contributed by atoms with Crippen LogP contribution in [0.2, 0.25) is 0 Å². The molecule has 5 heteroatoms. The van der Waals surface area contributed by atoms with E-state index in [1.807, 2.05) is 19.9 Å². The van der Waals surface area contributed by atoms with E-state index in [2.05, 4.69) is 11.6 Å². The van der Waals surface area contributed by atoms with Crippen molar-refractivity contribution >= 4 is 15.7 Å². The Hall–Kier alpha value is -1.07. The molecule has 4 nitrogen and oxygen atoms in total. The summed E-state index contributed by atoms with van der Waals surface area (Å²) in [5.41, 5.74) is 8.89. The minimum atomic E-state index is -3.51. The van der Waals surface area contributed by atoms with Crippen molar-refractivity contribution in [2.24, 2.45) is 5.92 Å². The highest BCUT2D eigenvalue weighted by molar-refractivity contribution is 7.89. The third-order valence-electron chi connectivity index (χ3n) is 4.40. The molecule has 1 fully saturated rings. The summed E-state index contributed by atoms with van der Waals surface area (Å²) in [5.74, 6) is 0.396. The van der Waals surface area contributed by atoms with Crippen molar-refractivity contribution < 1.29 is 8.42 Å². The number of hydrogen-bond donors (Lipinski definition) is 2. The molecule has 0 aliphatic heterocycles. The zero-order valence-electron chi connectivity index (χ0n) is 12.7. The molecule has 20 heavy (non-hydrogen) atoms. The summed E-state index contributed by atoms with van der Waals surface area (Å²) in [6.45, 7) is 7.61. The zero-order valence-corrected chi connectivity index (χ0v) is 13.5. The van der Waals surface area contributed by atoms with Crippen molar-refractivity contribution in [2.45, 2.75) is 57.9 Å². The molecule has 0 spiro atoms. The number of nitrogen functional groups attached to an aromatic ring is 1. The molecule has 1 aromatic rings. The largest absolute Gasteiger partial charge is 0.398 e. The van der Waals surface area contributed by atoms with E-state index in [4.69, 9.17) is 5.73 Å². The molecule has 2 rings (SSSR count). The lowest BCUT2D eigenvalue weighted by atomic mass is 10.1. The molecule has 0 saturated heterocycles. The first-order valence-electron chi connectivity index (χ1n) is 7.12. The van der Waals surface area contributed by atoms with Crippen LogP contribution >= 0.6 is 0 Å². The van der Waals surface area contributed by atoms with Crippen LogP contribution in [0.3, 0.4) is 0 Å². The maximum Gasteiger partial charge on any atom is 0.241 e. The molecule has 0 amide bonds. The lowest BCUT2D eigenvalue weighted by molar-refractivity contribution is 0.476. The van der Waals surface area contributed by atoms with Crippen molar-refractivity contribution in [3.8, 4) is 0 Å². The molecule has 1 aliphatic carbocycles. The van der Waals surface area contributed by atoms with Crippen LogP contribution in [0.5, 0.6) is 0 Å². The summed E-state index contributed by atoms with van der Waals surface area (Å²) in [6.07, 6.45) is 3.09. The molecule has 0 aromatic heterocycles. The van der Waals surface area contributed by atoms with E-state index in [1.165, 1.54) is 0 Å². The minimum absolute atomic E-state index is 0.0429. The lowest BCUT2D eigenvalue weighted by Crippen LogP contribution is -2.37. The number of nitrogens with one attached hydrogen (secondary N) is 1. The molecular formula is C15H24N2O2S. The van der Waals surface area contributed by atoms with Gasteiger partial charge in [0.05, 0.1) is 4.90 Å². The van der Waals surface area contributed by atoms with E-state index in [9.17, 15) is 8.42 Å². The van der Waals surface area contributed by atoms with E-state index >= 15 is 0 Å². The second-order valence-corrected chi connectivity index (χ2v) is 7.66. The van der Waals surface area contributed by atoms with Gasteiger partial charge in [0.1, 0.15) is 0 Å². The number of sulfonamides is 1. The highest BCUT2D eigenvalue weighted by Gasteiger charge is 2.30. The average Bonchev–Trinajstić information content (AvgIpc) is 2.71. The third kappa shape index (κ3) is 2.69. The van der Waals surface area contributed by atoms with Gasteiger partial charge in [0.2, 0.25) is 10.0 Å². The lowest BCUT2D eigenvalue weighted by Gasteiger charge is -2.20. The van der Waals surface area contributed by atoms with Gasteiger partial charge in [-0.3, -0.25) is 0 Å². The molecule has 112 valence electrons. The van der Waals surface area contributed by atoms with Gasteiger partial charge in [-0.1, -0.05) is 19.4 Å². The topological polar surface area (TPSA) is 72.2 Å². The second-order valence-electron chi connectivity index (χ2n) is 6.01. The monoisotopic (exact) mass is 296 g/mol. The summed E-state index contributed by atoms with van der Waals surface area (Å²) in [5, 5.41) is 0. The van der Waals surface area contributed by atoms with Crippen molar-refractivity contribution in [3.05, 3.63) is 22.8 Å². The Balaban J connectivity index is 2.42. The predicted molar refractivity (Wildman–Crippen MR) is 82.2 cm³/mol. The smallest absolute Gasteiger partial charge is 0.241 e. The van der Waals surface area contributed by atoms with Crippen LogP contribution in [-0.4, -0.2) is 14.5 Å². The van der Waals surface area contributed by atoms with Crippen LogP contribution < -0.4 is 10.5 Å². The summed E-state index contributed by atoms with van der Waals surface area (Å²) in [7, 11) is -3.51. The van der Waals surface area contributed by atoms with Crippen LogP contribution in [0.15, 0.2) is 11.0 Å². The van der Waals surface area contributed by atoms with Crippen molar-refractivity contribution in [2.75, 3.05) is 5.73 Å². The van der Waals surface area contributed by atoms with Gasteiger partial charge in [-0.15, -0.1) is 0 Å². The molecule has 2 unspecified atom stereocenters. The van der Waals surface area contributed by atoms with Gasteiger partial charge < -0.3 is 5.73 Å². The van der Waals surface area contributed by atoms with Gasteiger partial charge in [-0.25, -0.2) is 13.1 Å². The predicted octanol–water partition coefficient (Wildman–Crippen LogP) is 2.66. The number of aryl methyl sites for hydroxylation is 2. The molecule has 1 aliphatic rings. The molecule has 0 bridgehead atoms. The average molecular weight is 296 g/mol. The normalized spacial score (nSPS) is 23.2. The quantitative estimate of drug-likeness (QED) is 0.842. The zero-order chi connectivity index (χ0) is 15.1. The number of rotatable bonds is 3. The fourth-order valence-electron chi connectivity index (χ4n) is 3.17. The highest BCUT2D eigenvalue weighted by Crippen LogP contribution is 2.30. The van der Waals surface area contributed by atoms with Crippen molar-refractivity contribution in [1.82, 2.24) is 4.72 Å². The first kappa shape index (κ1) is 15.3. The van der Waals surface area contributed by atoms with Gasteiger partial charge in [0, 0.05) is 11.7 Å².